The number of carbonyl (C=O) groups is 4. The molecule has 0 aliphatic carbocycles. The topological polar surface area (TPSA) is 237 Å². The fraction of sp³-hybridized carbons (Fsp3) is 0.946. The van der Waals surface area contributed by atoms with Gasteiger partial charge in [0.25, 0.3) is 0 Å². The Morgan fingerprint density at radius 2 is 0.495 bits per heavy atom. The van der Waals surface area contributed by atoms with Crippen molar-refractivity contribution >= 4 is 39.5 Å². The zero-order chi connectivity index (χ0) is 68.7. The summed E-state index contributed by atoms with van der Waals surface area (Å²) in [5.41, 5.74) is 0. The molecule has 0 aromatic carbocycles. The number of aliphatic hydroxyl groups excluding tert-OH is 1. The highest BCUT2D eigenvalue weighted by atomic mass is 31.2. The summed E-state index contributed by atoms with van der Waals surface area (Å²) >= 11 is 0. The molecule has 0 aromatic heterocycles. The van der Waals surface area contributed by atoms with Crippen molar-refractivity contribution in [2.45, 2.75) is 394 Å². The van der Waals surface area contributed by atoms with Crippen LogP contribution in [0, 0.1) is 17.8 Å². The third kappa shape index (κ3) is 68.4. The van der Waals surface area contributed by atoms with E-state index in [9.17, 15) is 43.2 Å². The van der Waals surface area contributed by atoms with Crippen LogP contribution in [-0.2, 0) is 65.4 Å². The predicted octanol–water partition coefficient (Wildman–Crippen LogP) is 21.4. The molecule has 3 N–H and O–H groups in total. The Labute approximate surface area is 568 Å². The summed E-state index contributed by atoms with van der Waals surface area (Å²) in [4.78, 5) is 72.7. The van der Waals surface area contributed by atoms with Crippen LogP contribution < -0.4 is 0 Å². The summed E-state index contributed by atoms with van der Waals surface area (Å²) in [6.45, 7) is 11.9. The van der Waals surface area contributed by atoms with Crippen LogP contribution in [0.4, 0.5) is 0 Å². The van der Waals surface area contributed by atoms with Crippen LogP contribution in [0.1, 0.15) is 376 Å². The first-order valence-corrected chi connectivity index (χ1v) is 41.3. The van der Waals surface area contributed by atoms with Gasteiger partial charge in [-0.2, -0.15) is 0 Å². The summed E-state index contributed by atoms with van der Waals surface area (Å²) < 4.78 is 68.4. The normalized spacial score (nSPS) is 14.1. The SMILES string of the molecule is CCCCCCCCCCCC(=O)OC[C@H](COP(=O)(O)OC[C@H](O)COP(=O)(O)OC[C@@H](COC(=O)CCCCCCCCCCCCCCC(C)C)OC(=O)CCCCCCCCCCCCCCCCC(C)C)OC(=O)CCCCCCCCCCCC(C)C. The molecule has 93 heavy (non-hydrogen) atoms. The van der Waals surface area contributed by atoms with Gasteiger partial charge in [0.05, 0.1) is 26.4 Å². The second kappa shape index (κ2) is 64.7. The molecule has 552 valence electrons. The number of esters is 4. The summed E-state index contributed by atoms with van der Waals surface area (Å²) in [6.07, 6.45) is 49.9. The third-order valence-corrected chi connectivity index (χ3v) is 19.0. The van der Waals surface area contributed by atoms with Crippen molar-refractivity contribution in [3.63, 3.8) is 0 Å². The van der Waals surface area contributed by atoms with E-state index in [0.717, 1.165) is 108 Å². The highest BCUT2D eigenvalue weighted by molar-refractivity contribution is 7.47. The first-order chi connectivity index (χ1) is 44.7. The molecule has 0 fully saturated rings. The zero-order valence-electron chi connectivity index (χ0n) is 60.7. The van der Waals surface area contributed by atoms with Crippen LogP contribution >= 0.6 is 15.6 Å². The molecule has 2 unspecified atom stereocenters. The number of ether oxygens (including phenoxy) is 4. The number of hydrogen-bond acceptors (Lipinski definition) is 15. The van der Waals surface area contributed by atoms with Gasteiger partial charge in [0, 0.05) is 25.7 Å². The predicted molar refractivity (Wildman–Crippen MR) is 377 cm³/mol. The van der Waals surface area contributed by atoms with Gasteiger partial charge in [-0.15, -0.1) is 0 Å². The maximum Gasteiger partial charge on any atom is 0.472 e. The van der Waals surface area contributed by atoms with Crippen molar-refractivity contribution in [1.82, 2.24) is 0 Å². The Hall–Kier alpha value is -1.94. The van der Waals surface area contributed by atoms with Crippen LogP contribution in [0.2, 0.25) is 0 Å². The quantitative estimate of drug-likeness (QED) is 0.0222. The lowest BCUT2D eigenvalue weighted by Crippen LogP contribution is -2.30. The molecule has 19 heteroatoms. The fourth-order valence-corrected chi connectivity index (χ4v) is 12.8. The van der Waals surface area contributed by atoms with Crippen molar-refractivity contribution in [2.75, 3.05) is 39.6 Å². The van der Waals surface area contributed by atoms with Crippen LogP contribution in [-0.4, -0.2) is 96.7 Å². The first-order valence-electron chi connectivity index (χ1n) is 38.3. The molecule has 17 nitrogen and oxygen atoms in total. The minimum absolute atomic E-state index is 0.105. The molecule has 0 heterocycles. The van der Waals surface area contributed by atoms with Gasteiger partial charge >= 0.3 is 39.5 Å². The Morgan fingerprint density at radius 1 is 0.290 bits per heavy atom. The molecule has 0 radical (unpaired) electrons. The molecule has 0 saturated carbocycles. The van der Waals surface area contributed by atoms with E-state index in [1.54, 1.807) is 0 Å². The smallest absolute Gasteiger partial charge is 0.462 e. The van der Waals surface area contributed by atoms with Crippen molar-refractivity contribution in [3.8, 4) is 0 Å². The maximum absolute atomic E-state index is 13.1. The summed E-state index contributed by atoms with van der Waals surface area (Å²) in [5.74, 6) is 0.192. The molecule has 0 aromatic rings. The lowest BCUT2D eigenvalue weighted by atomic mass is 10.0. The van der Waals surface area contributed by atoms with Crippen molar-refractivity contribution in [2.24, 2.45) is 17.8 Å². The number of unbranched alkanes of at least 4 members (excludes halogenated alkanes) is 40. The van der Waals surface area contributed by atoms with E-state index in [1.807, 2.05) is 0 Å². The zero-order valence-corrected chi connectivity index (χ0v) is 62.5. The van der Waals surface area contributed by atoms with Crippen molar-refractivity contribution in [1.29, 1.82) is 0 Å². The summed E-state index contributed by atoms with van der Waals surface area (Å²) in [6, 6.07) is 0. The van der Waals surface area contributed by atoms with E-state index in [1.165, 1.54) is 186 Å². The van der Waals surface area contributed by atoms with E-state index in [-0.39, 0.29) is 25.7 Å². The second-order valence-electron chi connectivity index (χ2n) is 28.1. The number of hydrogen-bond donors (Lipinski definition) is 3. The van der Waals surface area contributed by atoms with Crippen LogP contribution in [0.5, 0.6) is 0 Å². The highest BCUT2D eigenvalue weighted by Crippen LogP contribution is 2.45. The van der Waals surface area contributed by atoms with E-state index in [2.05, 4.69) is 48.5 Å². The van der Waals surface area contributed by atoms with E-state index >= 15 is 0 Å². The Kier molecular flexibility index (Phi) is 63.4. The standard InChI is InChI=1S/C74H144O17P2/c1-8-9-10-11-12-24-34-41-48-55-71(76)84-61-69(91-74(79)58-51-44-37-30-23-27-33-40-47-54-67(6)7)63-88-92(80,81)86-59-68(75)60-87-93(82,83)89-64-70(62-85-72(77)56-49-42-35-28-21-18-17-20-26-32-39-46-53-66(4)5)90-73(78)57-50-43-36-29-22-16-14-13-15-19-25-31-38-45-52-65(2)3/h65-70,75H,8-64H2,1-7H3,(H,80,81)(H,82,83)/t68-,69+,70+/m0/s1. The van der Waals surface area contributed by atoms with Crippen LogP contribution in [0.3, 0.4) is 0 Å². The average molecular weight is 1370 g/mol. The average Bonchev–Trinajstić information content (AvgIpc) is 1.49. The molecule has 0 aliphatic heterocycles. The third-order valence-electron chi connectivity index (χ3n) is 17.1. The number of aliphatic hydroxyl groups is 1. The molecule has 0 spiro atoms. The molecule has 0 bridgehead atoms. The minimum atomic E-state index is -4.96. The highest BCUT2D eigenvalue weighted by Gasteiger charge is 2.30. The second-order valence-corrected chi connectivity index (χ2v) is 31.0. The lowest BCUT2D eigenvalue weighted by molar-refractivity contribution is -0.161. The van der Waals surface area contributed by atoms with Gasteiger partial charge in [0.1, 0.15) is 19.3 Å². The summed E-state index contributed by atoms with van der Waals surface area (Å²) in [7, 11) is -9.91. The van der Waals surface area contributed by atoms with E-state index < -0.39 is 97.5 Å². The van der Waals surface area contributed by atoms with Gasteiger partial charge in [-0.3, -0.25) is 37.3 Å². The monoisotopic (exact) mass is 1370 g/mol. The molecular formula is C74H144O17P2. The minimum Gasteiger partial charge on any atom is -0.462 e. The molecular weight excluding hydrogens is 1220 g/mol. The Balaban J connectivity index is 5.24. The number of phosphoric acid groups is 2. The van der Waals surface area contributed by atoms with Crippen LogP contribution in [0.15, 0.2) is 0 Å². The molecule has 0 rings (SSSR count). The van der Waals surface area contributed by atoms with Crippen molar-refractivity contribution < 1.29 is 80.2 Å². The number of carbonyl (C=O) groups excluding carboxylic acids is 4. The van der Waals surface area contributed by atoms with E-state index in [0.29, 0.717) is 25.7 Å². The maximum atomic E-state index is 13.1. The van der Waals surface area contributed by atoms with Gasteiger partial charge < -0.3 is 33.8 Å². The van der Waals surface area contributed by atoms with Gasteiger partial charge in [-0.1, -0.05) is 325 Å². The number of phosphoric ester groups is 2. The fourth-order valence-electron chi connectivity index (χ4n) is 11.2. The Morgan fingerprint density at radius 3 is 0.731 bits per heavy atom. The molecule has 0 aliphatic rings. The van der Waals surface area contributed by atoms with Gasteiger partial charge in [-0.25, -0.2) is 9.13 Å². The van der Waals surface area contributed by atoms with Gasteiger partial charge in [-0.05, 0) is 43.4 Å². The molecule has 0 saturated heterocycles. The lowest BCUT2D eigenvalue weighted by Gasteiger charge is -2.21. The van der Waals surface area contributed by atoms with E-state index in [4.69, 9.17) is 37.0 Å². The van der Waals surface area contributed by atoms with Crippen molar-refractivity contribution in [3.05, 3.63) is 0 Å². The van der Waals surface area contributed by atoms with Gasteiger partial charge in [0.2, 0.25) is 0 Å². The van der Waals surface area contributed by atoms with Crippen LogP contribution in [0.25, 0.3) is 0 Å². The molecule has 5 atom stereocenters. The largest absolute Gasteiger partial charge is 0.472 e. The Bertz CT molecular complexity index is 1820. The molecule has 0 amide bonds. The summed E-state index contributed by atoms with van der Waals surface area (Å²) in [5, 5.41) is 10.6. The van der Waals surface area contributed by atoms with Gasteiger partial charge in [0.15, 0.2) is 12.2 Å². The number of rotatable bonds is 72. The first kappa shape index (κ1) is 91.1.